The number of fused-ring (bicyclic) bond motifs is 1. The number of hydrogen-bond donors (Lipinski definition) is 1. The van der Waals surface area contributed by atoms with Crippen LogP contribution in [0.4, 0.5) is 5.69 Å². The van der Waals surface area contributed by atoms with E-state index < -0.39 is 0 Å². The maximum Gasteiger partial charge on any atom is 0.262 e. The predicted octanol–water partition coefficient (Wildman–Crippen LogP) is 2.01. The Morgan fingerprint density at radius 3 is 2.88 bits per heavy atom. The molecule has 0 radical (unpaired) electrons. The zero-order chi connectivity index (χ0) is 11.7. The van der Waals surface area contributed by atoms with E-state index in [0.29, 0.717) is 22.9 Å². The van der Waals surface area contributed by atoms with Gasteiger partial charge in [-0.15, -0.1) is 0 Å². The third-order valence-corrected chi connectivity index (χ3v) is 2.52. The van der Waals surface area contributed by atoms with Gasteiger partial charge in [-0.1, -0.05) is 13.8 Å². The van der Waals surface area contributed by atoms with Crippen molar-refractivity contribution in [3.63, 3.8) is 0 Å². The van der Waals surface area contributed by atoms with Crippen LogP contribution in [0, 0.1) is 11.3 Å². The van der Waals surface area contributed by atoms with Crippen molar-refractivity contribution in [2.45, 2.75) is 19.8 Å². The summed E-state index contributed by atoms with van der Waals surface area (Å²) in [4.78, 5) is 11.2. The first kappa shape index (κ1) is 10.5. The molecule has 4 nitrogen and oxygen atoms in total. The van der Waals surface area contributed by atoms with Gasteiger partial charge in [-0.05, 0) is 23.6 Å². The van der Waals surface area contributed by atoms with Gasteiger partial charge in [0, 0.05) is 0 Å². The van der Waals surface area contributed by atoms with E-state index >= 15 is 0 Å². The molecule has 1 heterocycles. The molecule has 1 aliphatic rings. The third-order valence-electron chi connectivity index (χ3n) is 2.52. The van der Waals surface area contributed by atoms with Gasteiger partial charge in [-0.2, -0.15) is 5.26 Å². The first-order valence-electron chi connectivity index (χ1n) is 5.12. The summed E-state index contributed by atoms with van der Waals surface area (Å²) in [6, 6.07) is 5.75. The highest BCUT2D eigenvalue weighted by molar-refractivity contribution is 5.96. The molecule has 0 unspecified atom stereocenters. The Balaban J connectivity index is 2.56. The summed E-state index contributed by atoms with van der Waals surface area (Å²) in [5.41, 5.74) is 2.08. The minimum absolute atomic E-state index is 0.0251. The molecule has 16 heavy (non-hydrogen) atoms. The van der Waals surface area contributed by atoms with Crippen molar-refractivity contribution in [3.05, 3.63) is 23.3 Å². The molecule has 1 aliphatic heterocycles. The van der Waals surface area contributed by atoms with Crippen molar-refractivity contribution in [1.82, 2.24) is 0 Å². The average molecular weight is 216 g/mol. The Labute approximate surface area is 93.8 Å². The van der Waals surface area contributed by atoms with Crippen molar-refractivity contribution >= 4 is 11.6 Å². The Bertz CT molecular complexity index is 487. The number of hydrogen-bond acceptors (Lipinski definition) is 3. The lowest BCUT2D eigenvalue weighted by Gasteiger charge is -2.20. The lowest BCUT2D eigenvalue weighted by Crippen LogP contribution is -2.26. The van der Waals surface area contributed by atoms with E-state index in [9.17, 15) is 4.79 Å². The van der Waals surface area contributed by atoms with Crippen molar-refractivity contribution in [3.8, 4) is 11.8 Å². The summed E-state index contributed by atoms with van der Waals surface area (Å²) in [7, 11) is 0. The van der Waals surface area contributed by atoms with Crippen LogP contribution in [-0.4, -0.2) is 12.5 Å². The van der Waals surface area contributed by atoms with Gasteiger partial charge < -0.3 is 10.1 Å². The van der Waals surface area contributed by atoms with E-state index in [2.05, 4.69) is 11.4 Å². The van der Waals surface area contributed by atoms with Crippen LogP contribution >= 0.6 is 0 Å². The van der Waals surface area contributed by atoms with Gasteiger partial charge in [0.1, 0.15) is 6.07 Å². The molecule has 2 rings (SSSR count). The van der Waals surface area contributed by atoms with E-state index in [1.54, 1.807) is 6.07 Å². The quantitative estimate of drug-likeness (QED) is 0.781. The van der Waals surface area contributed by atoms with Crippen molar-refractivity contribution in [2.75, 3.05) is 11.9 Å². The summed E-state index contributed by atoms with van der Waals surface area (Å²) >= 11 is 0. The Morgan fingerprint density at radius 1 is 1.50 bits per heavy atom. The molecule has 0 saturated heterocycles. The van der Waals surface area contributed by atoms with Crippen LogP contribution in [0.1, 0.15) is 30.9 Å². The highest BCUT2D eigenvalue weighted by Gasteiger charge is 2.20. The van der Waals surface area contributed by atoms with Gasteiger partial charge in [-0.3, -0.25) is 4.79 Å². The molecular weight excluding hydrogens is 204 g/mol. The second-order valence-corrected chi connectivity index (χ2v) is 4.05. The van der Waals surface area contributed by atoms with Gasteiger partial charge in [0.25, 0.3) is 5.91 Å². The number of nitriles is 1. The van der Waals surface area contributed by atoms with Crippen molar-refractivity contribution < 1.29 is 9.53 Å². The molecule has 0 atom stereocenters. The standard InChI is InChI=1S/C12H12N2O2/c1-7(2)8-3-9(5-13)12-10(4-8)14-11(15)6-16-12/h3-4,7H,6H2,1-2H3,(H,14,15). The van der Waals surface area contributed by atoms with Gasteiger partial charge in [-0.25, -0.2) is 0 Å². The molecule has 0 saturated carbocycles. The normalized spacial score (nSPS) is 13.8. The molecule has 0 aromatic heterocycles. The molecule has 82 valence electrons. The summed E-state index contributed by atoms with van der Waals surface area (Å²) in [5, 5.41) is 11.7. The predicted molar refractivity (Wildman–Crippen MR) is 59.4 cm³/mol. The summed E-state index contributed by atoms with van der Waals surface area (Å²) < 4.78 is 5.26. The Kier molecular flexibility index (Phi) is 2.53. The molecule has 1 aromatic rings. The number of carbonyl (C=O) groups is 1. The first-order chi connectivity index (χ1) is 7.61. The maximum atomic E-state index is 11.2. The monoisotopic (exact) mass is 216 g/mol. The van der Waals surface area contributed by atoms with Crippen LogP contribution in [0.25, 0.3) is 0 Å². The number of rotatable bonds is 1. The smallest absolute Gasteiger partial charge is 0.262 e. The fraction of sp³-hybridized carbons (Fsp3) is 0.333. The number of carbonyl (C=O) groups excluding carboxylic acids is 1. The topological polar surface area (TPSA) is 62.1 Å². The molecule has 0 bridgehead atoms. The second-order valence-electron chi connectivity index (χ2n) is 4.05. The molecule has 1 aromatic carbocycles. The van der Waals surface area contributed by atoms with Gasteiger partial charge in [0.2, 0.25) is 0 Å². The lowest BCUT2D eigenvalue weighted by atomic mass is 9.99. The summed E-state index contributed by atoms with van der Waals surface area (Å²) in [6.45, 7) is 4.05. The molecule has 0 aliphatic carbocycles. The number of nitrogens with zero attached hydrogens (tertiary/aromatic N) is 1. The van der Waals surface area contributed by atoms with E-state index in [4.69, 9.17) is 10.00 Å². The SMILES string of the molecule is CC(C)c1cc(C#N)c2c(c1)NC(=O)CO2. The summed E-state index contributed by atoms with van der Waals surface area (Å²) in [6.07, 6.45) is 0. The van der Waals surface area contributed by atoms with Crippen LogP contribution in [0.2, 0.25) is 0 Å². The lowest BCUT2D eigenvalue weighted by molar-refractivity contribution is -0.118. The molecule has 0 spiro atoms. The number of ether oxygens (including phenoxy) is 1. The van der Waals surface area contributed by atoms with Crippen LogP contribution in [0.15, 0.2) is 12.1 Å². The third kappa shape index (κ3) is 1.72. The minimum Gasteiger partial charge on any atom is -0.480 e. The first-order valence-corrected chi connectivity index (χ1v) is 5.12. The van der Waals surface area contributed by atoms with Crippen molar-refractivity contribution in [1.29, 1.82) is 5.26 Å². The zero-order valence-corrected chi connectivity index (χ0v) is 9.20. The van der Waals surface area contributed by atoms with Crippen LogP contribution in [0.3, 0.4) is 0 Å². The molecule has 0 fully saturated rings. The van der Waals surface area contributed by atoms with Gasteiger partial charge in [0.05, 0.1) is 11.3 Å². The fourth-order valence-electron chi connectivity index (χ4n) is 1.64. The molecule has 4 heteroatoms. The van der Waals surface area contributed by atoms with Crippen molar-refractivity contribution in [2.24, 2.45) is 0 Å². The fourth-order valence-corrected chi connectivity index (χ4v) is 1.64. The molecule has 1 amide bonds. The molecule has 1 N–H and O–H groups in total. The Hall–Kier alpha value is -2.02. The Morgan fingerprint density at radius 2 is 2.25 bits per heavy atom. The number of anilines is 1. The highest BCUT2D eigenvalue weighted by Crippen LogP contribution is 2.34. The van der Waals surface area contributed by atoms with E-state index in [1.807, 2.05) is 19.9 Å². The van der Waals surface area contributed by atoms with Gasteiger partial charge >= 0.3 is 0 Å². The van der Waals surface area contributed by atoms with Crippen LogP contribution in [-0.2, 0) is 4.79 Å². The average Bonchev–Trinajstić information content (AvgIpc) is 2.26. The van der Waals surface area contributed by atoms with Crippen LogP contribution in [0.5, 0.6) is 5.75 Å². The number of benzene rings is 1. The minimum atomic E-state index is -0.183. The molecular formula is C12H12N2O2. The highest BCUT2D eigenvalue weighted by atomic mass is 16.5. The maximum absolute atomic E-state index is 11.2. The van der Waals surface area contributed by atoms with E-state index in [1.165, 1.54) is 0 Å². The number of nitrogens with one attached hydrogen (secondary N) is 1. The van der Waals surface area contributed by atoms with E-state index in [-0.39, 0.29) is 12.5 Å². The zero-order valence-electron chi connectivity index (χ0n) is 9.20. The largest absolute Gasteiger partial charge is 0.480 e. The van der Waals surface area contributed by atoms with E-state index in [0.717, 1.165) is 5.56 Å². The van der Waals surface area contributed by atoms with Gasteiger partial charge in [0.15, 0.2) is 12.4 Å². The second kappa shape index (κ2) is 3.86. The van der Waals surface area contributed by atoms with Crippen LogP contribution < -0.4 is 10.1 Å². The number of amides is 1. The summed E-state index contributed by atoms with van der Waals surface area (Å²) in [5.74, 6) is 0.597.